The second-order valence-electron chi connectivity index (χ2n) is 9.44. The van der Waals surface area contributed by atoms with E-state index in [4.69, 9.17) is 9.47 Å². The van der Waals surface area contributed by atoms with Crippen LogP contribution < -0.4 is 16.0 Å². The summed E-state index contributed by atoms with van der Waals surface area (Å²) in [7, 11) is 3.38. The maximum Gasteiger partial charge on any atom is 0.316 e. The van der Waals surface area contributed by atoms with E-state index in [1.54, 1.807) is 21.1 Å². The van der Waals surface area contributed by atoms with Gasteiger partial charge in [0.05, 0.1) is 12.1 Å². The molecule has 0 radical (unpaired) electrons. The lowest BCUT2D eigenvalue weighted by molar-refractivity contribution is -0.168. The summed E-state index contributed by atoms with van der Waals surface area (Å²) in [6, 6.07) is -0.606. The van der Waals surface area contributed by atoms with Crippen LogP contribution >= 0.6 is 0 Å². The van der Waals surface area contributed by atoms with Crippen molar-refractivity contribution in [2.75, 3.05) is 40.3 Å². The van der Waals surface area contributed by atoms with Crippen LogP contribution in [-0.4, -0.2) is 75.1 Å². The van der Waals surface area contributed by atoms with Gasteiger partial charge in [-0.3, -0.25) is 14.4 Å². The monoisotopic (exact) mass is 425 g/mol. The molecule has 2 rings (SSSR count). The molecule has 0 amide bonds. The normalized spacial score (nSPS) is 39.1. The van der Waals surface area contributed by atoms with Crippen LogP contribution in [0.25, 0.3) is 0 Å². The number of ether oxygens (including phenoxy) is 2. The van der Waals surface area contributed by atoms with E-state index >= 15 is 0 Å². The predicted octanol–water partition coefficient (Wildman–Crippen LogP) is 0.685. The fourth-order valence-corrected chi connectivity index (χ4v) is 4.95. The Hall–Kier alpha value is -1.35. The van der Waals surface area contributed by atoms with Crippen LogP contribution in [0.2, 0.25) is 0 Å². The number of esters is 1. The summed E-state index contributed by atoms with van der Waals surface area (Å²) in [5.41, 5.74) is -1.45. The Morgan fingerprint density at radius 2 is 1.97 bits per heavy atom. The molecule has 8 nitrogen and oxygen atoms in total. The standard InChI is InChI=1S/C22H39N3O5/c1-14-9-21(4,29-6)10-15(2)18(27)16(3)20(28)30-22(13-24-11-14)7-8-25-19(22)17(26)12-23-5/h14-16,19,23-25H,7-13H2,1-6H3. The van der Waals surface area contributed by atoms with Crippen molar-refractivity contribution < 1.29 is 23.9 Å². The number of ketones is 2. The van der Waals surface area contributed by atoms with Crippen LogP contribution in [-0.2, 0) is 23.9 Å². The molecule has 0 aromatic rings. The Morgan fingerprint density at radius 3 is 2.60 bits per heavy atom. The summed E-state index contributed by atoms with van der Waals surface area (Å²) >= 11 is 0. The zero-order valence-corrected chi connectivity index (χ0v) is 19.3. The molecule has 0 saturated carbocycles. The maximum absolute atomic E-state index is 13.0. The average Bonchev–Trinajstić information content (AvgIpc) is 3.09. The highest BCUT2D eigenvalue weighted by molar-refractivity contribution is 6.00. The predicted molar refractivity (Wildman–Crippen MR) is 114 cm³/mol. The third-order valence-electron chi connectivity index (χ3n) is 6.59. The van der Waals surface area contributed by atoms with Crippen LogP contribution in [0.1, 0.15) is 47.0 Å². The Labute approximate surface area is 180 Å². The number of nitrogens with one attached hydrogen (secondary N) is 3. The van der Waals surface area contributed by atoms with Gasteiger partial charge in [-0.25, -0.2) is 0 Å². The van der Waals surface area contributed by atoms with Crippen molar-refractivity contribution in [2.24, 2.45) is 17.8 Å². The molecule has 0 bridgehead atoms. The van der Waals surface area contributed by atoms with E-state index < -0.39 is 29.1 Å². The number of methoxy groups -OCH3 is 1. The molecule has 0 aliphatic carbocycles. The van der Waals surface area contributed by atoms with Gasteiger partial charge in [-0.15, -0.1) is 0 Å². The van der Waals surface area contributed by atoms with E-state index in [1.807, 2.05) is 13.8 Å². The van der Waals surface area contributed by atoms with E-state index in [2.05, 4.69) is 22.9 Å². The Bertz CT molecular complexity index is 642. The fourth-order valence-electron chi connectivity index (χ4n) is 4.95. The molecule has 6 atom stereocenters. The lowest BCUT2D eigenvalue weighted by Crippen LogP contribution is -2.58. The zero-order chi connectivity index (χ0) is 22.5. The van der Waals surface area contributed by atoms with Crippen LogP contribution in [0.4, 0.5) is 0 Å². The summed E-state index contributed by atoms with van der Waals surface area (Å²) < 4.78 is 11.7. The van der Waals surface area contributed by atoms with Crippen molar-refractivity contribution in [3.05, 3.63) is 0 Å². The number of Topliss-reactive ketones (excluding diaryl/α,β-unsaturated/α-hetero) is 2. The van der Waals surface area contributed by atoms with Crippen LogP contribution in [0.5, 0.6) is 0 Å². The lowest BCUT2D eigenvalue weighted by Gasteiger charge is -2.35. The van der Waals surface area contributed by atoms with E-state index in [-0.39, 0.29) is 29.9 Å². The van der Waals surface area contributed by atoms with Crippen molar-refractivity contribution >= 4 is 17.5 Å². The first-order valence-electron chi connectivity index (χ1n) is 11.0. The second kappa shape index (κ2) is 10.3. The Morgan fingerprint density at radius 1 is 1.27 bits per heavy atom. The van der Waals surface area contributed by atoms with Gasteiger partial charge in [-0.05, 0) is 52.7 Å². The molecule has 0 aromatic heterocycles. The molecule has 2 heterocycles. The maximum atomic E-state index is 13.0. The molecule has 2 saturated heterocycles. The van der Waals surface area contributed by atoms with Gasteiger partial charge in [0.1, 0.15) is 23.3 Å². The van der Waals surface area contributed by atoms with Gasteiger partial charge in [-0.2, -0.15) is 0 Å². The van der Waals surface area contributed by atoms with Crippen molar-refractivity contribution in [2.45, 2.75) is 64.2 Å². The van der Waals surface area contributed by atoms with Crippen LogP contribution in [0, 0.1) is 17.8 Å². The molecule has 172 valence electrons. The zero-order valence-electron chi connectivity index (χ0n) is 19.3. The minimum atomic E-state index is -0.999. The number of hydrogen-bond donors (Lipinski definition) is 3. The molecule has 2 aliphatic heterocycles. The highest BCUT2D eigenvalue weighted by Crippen LogP contribution is 2.32. The minimum absolute atomic E-state index is 0.0544. The molecule has 1 spiro atoms. The first-order chi connectivity index (χ1) is 14.1. The summed E-state index contributed by atoms with van der Waals surface area (Å²) in [5.74, 6) is -1.71. The molecule has 8 heteroatoms. The molecular weight excluding hydrogens is 386 g/mol. The van der Waals surface area contributed by atoms with Crippen LogP contribution in [0.15, 0.2) is 0 Å². The molecule has 30 heavy (non-hydrogen) atoms. The van der Waals surface area contributed by atoms with Crippen molar-refractivity contribution in [3.8, 4) is 0 Å². The lowest BCUT2D eigenvalue weighted by atomic mass is 9.81. The van der Waals surface area contributed by atoms with Gasteiger partial charge < -0.3 is 25.4 Å². The van der Waals surface area contributed by atoms with Gasteiger partial charge in [0.2, 0.25) is 0 Å². The number of likely N-dealkylation sites (N-methyl/N-ethyl adjacent to an activating group) is 1. The number of hydrogen-bond acceptors (Lipinski definition) is 8. The van der Waals surface area contributed by atoms with Gasteiger partial charge in [0.25, 0.3) is 0 Å². The highest BCUT2D eigenvalue weighted by atomic mass is 16.6. The largest absolute Gasteiger partial charge is 0.455 e. The molecule has 6 unspecified atom stereocenters. The van der Waals surface area contributed by atoms with Crippen molar-refractivity contribution in [1.29, 1.82) is 0 Å². The summed E-state index contributed by atoms with van der Waals surface area (Å²) in [6.45, 7) is 9.41. The summed E-state index contributed by atoms with van der Waals surface area (Å²) in [5, 5.41) is 9.51. The Kier molecular flexibility index (Phi) is 8.56. The second-order valence-corrected chi connectivity index (χ2v) is 9.44. The van der Waals surface area contributed by atoms with Gasteiger partial charge in [0.15, 0.2) is 5.78 Å². The smallest absolute Gasteiger partial charge is 0.316 e. The molecular formula is C22H39N3O5. The van der Waals surface area contributed by atoms with Crippen molar-refractivity contribution in [3.63, 3.8) is 0 Å². The number of carbonyl (C=O) groups excluding carboxylic acids is 3. The Balaban J connectivity index is 2.34. The summed E-state index contributed by atoms with van der Waals surface area (Å²) in [6.07, 6.45) is 1.84. The fraction of sp³-hybridized carbons (Fsp3) is 0.864. The topological polar surface area (TPSA) is 106 Å². The third kappa shape index (κ3) is 5.66. The molecule has 0 aromatic carbocycles. The third-order valence-corrected chi connectivity index (χ3v) is 6.59. The SMILES string of the molecule is CNCC(=O)C1NCCC12CNCC(C)CC(C)(OC)CC(C)C(=O)C(C)C(=O)O2. The number of carbonyl (C=O) groups is 3. The highest BCUT2D eigenvalue weighted by Gasteiger charge is 2.50. The van der Waals surface area contributed by atoms with E-state index in [0.717, 1.165) is 6.42 Å². The van der Waals surface area contributed by atoms with Crippen molar-refractivity contribution in [1.82, 2.24) is 16.0 Å². The first kappa shape index (κ1) is 24.9. The number of rotatable bonds is 4. The van der Waals surface area contributed by atoms with Gasteiger partial charge in [-0.1, -0.05) is 13.8 Å². The van der Waals surface area contributed by atoms with E-state index in [1.165, 1.54) is 0 Å². The first-order valence-corrected chi connectivity index (χ1v) is 11.0. The van der Waals surface area contributed by atoms with Crippen LogP contribution in [0.3, 0.4) is 0 Å². The minimum Gasteiger partial charge on any atom is -0.455 e. The van der Waals surface area contributed by atoms with E-state index in [9.17, 15) is 14.4 Å². The molecule has 2 fully saturated rings. The van der Waals surface area contributed by atoms with Gasteiger partial charge in [0, 0.05) is 26.0 Å². The average molecular weight is 426 g/mol. The molecule has 3 N–H and O–H groups in total. The quantitative estimate of drug-likeness (QED) is 0.446. The van der Waals surface area contributed by atoms with Gasteiger partial charge >= 0.3 is 5.97 Å². The van der Waals surface area contributed by atoms with E-state index in [0.29, 0.717) is 32.5 Å². The summed E-state index contributed by atoms with van der Waals surface area (Å²) in [4.78, 5) is 38.7. The molecule has 2 aliphatic rings.